The zero-order valence-corrected chi connectivity index (χ0v) is 17.7. The maximum absolute atomic E-state index is 13.8. The molecule has 25 heavy (non-hydrogen) atoms. The first-order valence-electron chi connectivity index (χ1n) is 7.22. The van der Waals surface area contributed by atoms with Crippen molar-refractivity contribution in [2.75, 3.05) is 5.75 Å². The van der Waals surface area contributed by atoms with Crippen LogP contribution in [0.15, 0.2) is 56.3 Å². The summed E-state index contributed by atoms with van der Waals surface area (Å²) < 4.78 is 39.6. The van der Waals surface area contributed by atoms with Crippen molar-refractivity contribution in [2.24, 2.45) is 0 Å². The normalized spacial score (nSPS) is 12.4. The van der Waals surface area contributed by atoms with Gasteiger partial charge in [-0.25, -0.2) is 0 Å². The molecule has 0 bridgehead atoms. The second-order valence-corrected chi connectivity index (χ2v) is 9.90. The van der Waals surface area contributed by atoms with Crippen LogP contribution < -0.4 is 0 Å². The van der Waals surface area contributed by atoms with Crippen molar-refractivity contribution in [1.82, 2.24) is 0 Å². The molecule has 0 aliphatic carbocycles. The molecular weight excluding hydrogens is 501 g/mol. The Morgan fingerprint density at radius 1 is 1.12 bits per heavy atom. The van der Waals surface area contributed by atoms with Crippen molar-refractivity contribution < 1.29 is 23.1 Å². The highest BCUT2D eigenvalue weighted by molar-refractivity contribution is 9.10. The van der Waals surface area contributed by atoms with Gasteiger partial charge in [0, 0.05) is 19.4 Å². The summed E-state index contributed by atoms with van der Waals surface area (Å²) in [5.74, 6) is 0.870. The number of hydrogen-bond acceptors (Lipinski definition) is 2. The molecule has 0 unspecified atom stereocenters. The summed E-state index contributed by atoms with van der Waals surface area (Å²) in [7, 11) is -5.57. The number of hydrogen-bond donors (Lipinski definition) is 2. The van der Waals surface area contributed by atoms with E-state index in [9.17, 15) is 13.3 Å². The van der Waals surface area contributed by atoms with Crippen molar-refractivity contribution in [3.63, 3.8) is 0 Å². The molecule has 0 amide bonds. The van der Waals surface area contributed by atoms with Gasteiger partial charge >= 0.3 is 13.3 Å². The van der Waals surface area contributed by atoms with Crippen molar-refractivity contribution in [3.8, 4) is 0 Å². The smallest absolute Gasteiger partial charge is 0.320 e. The van der Waals surface area contributed by atoms with Crippen LogP contribution in [0.4, 0.5) is 8.78 Å². The lowest BCUT2D eigenvalue weighted by molar-refractivity contribution is 0.0557. The Labute approximate surface area is 165 Å². The quantitative estimate of drug-likeness (QED) is 0.263. The van der Waals surface area contributed by atoms with Crippen LogP contribution >= 0.6 is 51.2 Å². The molecule has 0 radical (unpaired) electrons. The van der Waals surface area contributed by atoms with E-state index in [-0.39, 0.29) is 4.47 Å². The van der Waals surface area contributed by atoms with Crippen LogP contribution in [-0.2, 0) is 16.6 Å². The van der Waals surface area contributed by atoms with Crippen LogP contribution in [0, 0.1) is 0 Å². The lowest BCUT2D eigenvalue weighted by Gasteiger charge is -2.19. The van der Waals surface area contributed by atoms with Gasteiger partial charge in [0.05, 0.1) is 0 Å². The van der Waals surface area contributed by atoms with Gasteiger partial charge in [0.1, 0.15) is 0 Å². The molecule has 0 aliphatic rings. The fourth-order valence-electron chi connectivity index (χ4n) is 2.14. The molecule has 0 heterocycles. The second kappa shape index (κ2) is 8.63. The first kappa shape index (κ1) is 21.1. The molecule has 0 saturated heterocycles. The van der Waals surface area contributed by atoms with E-state index in [0.717, 1.165) is 33.2 Å². The monoisotopic (exact) mass is 514 g/mol. The summed E-state index contributed by atoms with van der Waals surface area (Å²) in [6.07, 6.45) is 1.53. The van der Waals surface area contributed by atoms with E-state index >= 15 is 0 Å². The summed E-state index contributed by atoms with van der Waals surface area (Å²) in [5, 5.41) is 0. The predicted molar refractivity (Wildman–Crippen MR) is 103 cm³/mol. The van der Waals surface area contributed by atoms with E-state index in [0.29, 0.717) is 6.42 Å². The topological polar surface area (TPSA) is 57.5 Å². The number of thioether (sulfide) groups is 1. The van der Waals surface area contributed by atoms with Gasteiger partial charge in [-0.2, -0.15) is 8.78 Å². The lowest BCUT2D eigenvalue weighted by Crippen LogP contribution is -2.14. The number of aryl methyl sites for hydroxylation is 1. The van der Waals surface area contributed by atoms with Gasteiger partial charge in [-0.3, -0.25) is 4.57 Å². The van der Waals surface area contributed by atoms with Crippen LogP contribution in [0.2, 0.25) is 0 Å². The third-order valence-corrected chi connectivity index (χ3v) is 6.60. The molecule has 0 aliphatic heterocycles. The van der Waals surface area contributed by atoms with Crippen LogP contribution in [0.3, 0.4) is 0 Å². The van der Waals surface area contributed by atoms with Gasteiger partial charge < -0.3 is 9.79 Å². The van der Waals surface area contributed by atoms with E-state index in [4.69, 9.17) is 9.79 Å². The van der Waals surface area contributed by atoms with Crippen LogP contribution in [-0.4, -0.2) is 15.5 Å². The summed E-state index contributed by atoms with van der Waals surface area (Å²) in [6.45, 7) is 0. The third-order valence-electron chi connectivity index (χ3n) is 3.40. The number of rotatable bonds is 7. The second-order valence-electron chi connectivity index (χ2n) is 5.31. The summed E-state index contributed by atoms with van der Waals surface area (Å²) in [4.78, 5) is 18.8. The van der Waals surface area contributed by atoms with E-state index in [1.165, 1.54) is 12.1 Å². The Morgan fingerprint density at radius 2 is 1.84 bits per heavy atom. The summed E-state index contributed by atoms with van der Waals surface area (Å²) in [6, 6.07) is 12.0. The van der Waals surface area contributed by atoms with Gasteiger partial charge in [0.25, 0.3) is 0 Å². The Balaban J connectivity index is 1.96. The molecular formula is C16H15Br2F2O3PS. The lowest BCUT2D eigenvalue weighted by atomic mass is 10.1. The van der Waals surface area contributed by atoms with Gasteiger partial charge in [-0.05, 0) is 48.4 Å². The minimum absolute atomic E-state index is 0.00188. The first-order chi connectivity index (χ1) is 11.6. The van der Waals surface area contributed by atoms with Gasteiger partial charge in [0.2, 0.25) is 0 Å². The molecule has 3 nitrogen and oxygen atoms in total. The van der Waals surface area contributed by atoms with E-state index in [1.54, 1.807) is 11.8 Å². The molecule has 0 atom stereocenters. The van der Waals surface area contributed by atoms with Crippen molar-refractivity contribution in [2.45, 2.75) is 23.4 Å². The maximum atomic E-state index is 13.8. The van der Waals surface area contributed by atoms with E-state index in [1.807, 2.05) is 24.3 Å². The van der Waals surface area contributed by atoms with E-state index < -0.39 is 18.8 Å². The maximum Gasteiger partial charge on any atom is 0.399 e. The average Bonchev–Trinajstić information content (AvgIpc) is 2.50. The molecule has 2 aromatic rings. The van der Waals surface area contributed by atoms with Crippen LogP contribution in [0.1, 0.15) is 17.5 Å². The number of benzene rings is 2. The Bertz CT molecular complexity index is 799. The zero-order chi connectivity index (χ0) is 18.7. The van der Waals surface area contributed by atoms with Gasteiger partial charge in [-0.15, -0.1) is 11.8 Å². The molecule has 0 aromatic heterocycles. The fraction of sp³-hybridized carbons (Fsp3) is 0.250. The average molecular weight is 516 g/mol. The van der Waals surface area contributed by atoms with Crippen molar-refractivity contribution in [3.05, 3.63) is 62.5 Å². The highest BCUT2D eigenvalue weighted by Gasteiger charge is 2.51. The number of halogens is 4. The highest BCUT2D eigenvalue weighted by atomic mass is 79.9. The molecule has 136 valence electrons. The van der Waals surface area contributed by atoms with Crippen molar-refractivity contribution in [1.29, 1.82) is 0 Å². The Morgan fingerprint density at radius 3 is 2.44 bits per heavy atom. The minimum atomic E-state index is -5.57. The summed E-state index contributed by atoms with van der Waals surface area (Å²) >= 11 is 8.12. The minimum Gasteiger partial charge on any atom is -0.320 e. The standard InChI is InChI=1S/C16H15Br2F2O3PS/c17-12-4-1-5-13(10-12)25-8-2-3-11-6-7-14(15(18)9-11)16(19,20)24(21,22)23/h1,4-7,9-10H,2-3,8H2,(H2,21,22,23). The zero-order valence-electron chi connectivity index (χ0n) is 12.8. The molecule has 2 aromatic carbocycles. The molecule has 0 saturated carbocycles. The fourth-order valence-corrected chi connectivity index (χ4v) is 4.94. The number of alkyl halides is 2. The van der Waals surface area contributed by atoms with Crippen molar-refractivity contribution >= 4 is 51.2 Å². The highest BCUT2D eigenvalue weighted by Crippen LogP contribution is 2.60. The Hall–Kier alpha value is -0.240. The third kappa shape index (κ3) is 5.62. The molecule has 0 spiro atoms. The SMILES string of the molecule is O=P(O)(O)C(F)(F)c1ccc(CCCSc2cccc(Br)c2)cc1Br. The Kier molecular flexibility index (Phi) is 7.27. The van der Waals surface area contributed by atoms with Crippen LogP contribution in [0.25, 0.3) is 0 Å². The molecule has 9 heteroatoms. The van der Waals surface area contributed by atoms with Gasteiger partial charge in [-0.1, -0.05) is 50.1 Å². The molecule has 2 rings (SSSR count). The summed E-state index contributed by atoms with van der Waals surface area (Å²) in [5.41, 5.74) is -4.08. The van der Waals surface area contributed by atoms with E-state index in [2.05, 4.69) is 31.9 Å². The van der Waals surface area contributed by atoms with Gasteiger partial charge in [0.15, 0.2) is 0 Å². The molecule has 2 N–H and O–H groups in total. The largest absolute Gasteiger partial charge is 0.399 e. The molecule has 0 fully saturated rings. The van der Waals surface area contributed by atoms with Crippen LogP contribution in [0.5, 0.6) is 0 Å². The first-order valence-corrected chi connectivity index (χ1v) is 11.4. The predicted octanol–water partition coefficient (Wildman–Crippen LogP) is 6.16.